The molecule has 4 aromatic rings. The summed E-state index contributed by atoms with van der Waals surface area (Å²) in [6, 6.07) is 20.2. The van der Waals surface area contributed by atoms with Crippen molar-refractivity contribution in [3.05, 3.63) is 114 Å². The van der Waals surface area contributed by atoms with Gasteiger partial charge in [-0.15, -0.1) is 6.58 Å². The number of phenolic OH excluding ortho intramolecular Hbond substituents is 1. The maximum Gasteiger partial charge on any atom is 0.410 e. The maximum absolute atomic E-state index is 14.7. The molecule has 15 nitrogen and oxygen atoms in total. The summed E-state index contributed by atoms with van der Waals surface area (Å²) < 4.78 is 7.42. The molecule has 0 radical (unpaired) electrons. The van der Waals surface area contributed by atoms with E-state index in [-0.39, 0.29) is 74.8 Å². The van der Waals surface area contributed by atoms with E-state index in [1.54, 1.807) is 56.4 Å². The molecule has 3 N–H and O–H groups in total. The minimum atomic E-state index is -0.952. The topological polar surface area (TPSA) is 160 Å². The van der Waals surface area contributed by atoms with Gasteiger partial charge in [0.25, 0.3) is 5.91 Å². The van der Waals surface area contributed by atoms with Crippen LogP contribution in [0.5, 0.6) is 5.75 Å². The number of ether oxygens (including phenoxy) is 1. The Morgan fingerprint density at radius 3 is 2.35 bits per heavy atom. The fraction of sp³-hybridized carbons (Fsp3) is 0.400. The fourth-order valence-corrected chi connectivity index (χ4v) is 8.42. The van der Waals surface area contributed by atoms with Gasteiger partial charge in [-0.1, -0.05) is 66.7 Å². The lowest BCUT2D eigenvalue weighted by atomic mass is 9.98. The van der Waals surface area contributed by atoms with Crippen molar-refractivity contribution in [3.63, 3.8) is 0 Å². The van der Waals surface area contributed by atoms with Gasteiger partial charge < -0.3 is 39.7 Å². The molecule has 3 saturated heterocycles. The SMILES string of the molecule is C=CCN1CC(=O)N2[C@@H](Cc3ccc(O)cc3)C(=O)N(Cc3cccc4c(C(=O)NC5CCN(C(=O)OC(C)(C)C)CC5)cn(C)c34)C[C@@H]2N1C(=O)NCc1ccccc1. The number of fused-ring (bicyclic) bond motifs is 2. The van der Waals surface area contributed by atoms with Gasteiger partial charge in [0.1, 0.15) is 23.6 Å². The van der Waals surface area contributed by atoms with Gasteiger partial charge in [0.05, 0.1) is 24.2 Å². The number of carbonyl (C=O) groups is 5. The fourth-order valence-electron chi connectivity index (χ4n) is 8.42. The Kier molecular flexibility index (Phi) is 12.2. The third-order valence-corrected chi connectivity index (χ3v) is 11.2. The average molecular weight is 819 g/mol. The summed E-state index contributed by atoms with van der Waals surface area (Å²) >= 11 is 0. The highest BCUT2D eigenvalue weighted by Gasteiger charge is 2.51. The molecule has 0 spiro atoms. The van der Waals surface area contributed by atoms with Crippen LogP contribution in [0.15, 0.2) is 91.6 Å². The lowest BCUT2D eigenvalue weighted by Gasteiger charge is -2.55. The molecule has 0 unspecified atom stereocenters. The zero-order valence-electron chi connectivity index (χ0n) is 34.7. The first-order valence-electron chi connectivity index (χ1n) is 20.4. The third-order valence-electron chi connectivity index (χ3n) is 11.2. The second kappa shape index (κ2) is 17.5. The first kappa shape index (κ1) is 41.8. The second-order valence-electron chi connectivity index (χ2n) is 16.7. The van der Waals surface area contributed by atoms with E-state index in [2.05, 4.69) is 17.2 Å². The molecule has 6 amide bonds. The number of hydrogen-bond acceptors (Lipinski definition) is 8. The molecule has 0 bridgehead atoms. The molecule has 2 atom stereocenters. The number of piperidine rings is 1. The first-order valence-corrected chi connectivity index (χ1v) is 20.4. The van der Waals surface area contributed by atoms with Crippen LogP contribution in [0.25, 0.3) is 10.9 Å². The number of aromatic hydroxyl groups is 1. The number of aromatic nitrogens is 1. The molecular formula is C45H54N8O7. The number of piperazine rings is 1. The van der Waals surface area contributed by atoms with Gasteiger partial charge in [0, 0.05) is 63.8 Å². The highest BCUT2D eigenvalue weighted by atomic mass is 16.6. The van der Waals surface area contributed by atoms with Crippen LogP contribution in [0.2, 0.25) is 0 Å². The average Bonchev–Trinajstić information content (AvgIpc) is 3.56. The molecule has 3 fully saturated rings. The molecule has 0 saturated carbocycles. The number of carbonyl (C=O) groups excluding carboxylic acids is 5. The van der Waals surface area contributed by atoms with Crippen LogP contribution in [0, 0.1) is 0 Å². The summed E-state index contributed by atoms with van der Waals surface area (Å²) in [5, 5.41) is 20.1. The van der Waals surface area contributed by atoms with Crippen molar-refractivity contribution in [3.8, 4) is 5.75 Å². The van der Waals surface area contributed by atoms with Crippen molar-refractivity contribution >= 4 is 40.7 Å². The number of phenols is 1. The van der Waals surface area contributed by atoms with Crippen molar-refractivity contribution in [2.45, 2.75) is 77.0 Å². The molecule has 3 aliphatic heterocycles. The van der Waals surface area contributed by atoms with Gasteiger partial charge in [-0.25, -0.2) is 19.6 Å². The number of likely N-dealkylation sites (tertiary alicyclic amines) is 1. The number of urea groups is 1. The first-order chi connectivity index (χ1) is 28.7. The summed E-state index contributed by atoms with van der Waals surface area (Å²) in [5.41, 5.74) is 3.11. The Morgan fingerprint density at radius 2 is 1.67 bits per heavy atom. The van der Waals surface area contributed by atoms with E-state index in [0.717, 1.165) is 27.6 Å². The summed E-state index contributed by atoms with van der Waals surface area (Å²) in [6.07, 6.45) is 3.57. The zero-order valence-corrected chi connectivity index (χ0v) is 34.7. The van der Waals surface area contributed by atoms with Gasteiger partial charge >= 0.3 is 12.1 Å². The highest BCUT2D eigenvalue weighted by Crippen LogP contribution is 2.32. The van der Waals surface area contributed by atoms with Crippen LogP contribution in [-0.4, -0.2) is 121 Å². The standard InChI is InChI=1S/C45H54N8O7/c1-6-21-51-29-39(55)52-37(24-30-15-17-34(54)18-16-30)42(57)50(28-38(52)53(51)43(58)46-25-31-11-8-7-9-12-31)26-32-13-10-14-35-36(27-48(5)40(32)35)41(56)47-33-19-22-49(23-20-33)44(59)60-45(2,3)4/h6-18,27,33,37-38,54H,1,19-26,28-29H2,2-5H3,(H,46,58)(H,47,56)/t37-,38-/m0/s1. The molecule has 4 heterocycles. The van der Waals surface area contributed by atoms with E-state index in [9.17, 15) is 29.1 Å². The Balaban J connectivity index is 1.15. The minimum absolute atomic E-state index is 0.0270. The van der Waals surface area contributed by atoms with Crippen LogP contribution in [0.4, 0.5) is 9.59 Å². The maximum atomic E-state index is 14.7. The van der Waals surface area contributed by atoms with Crippen LogP contribution >= 0.6 is 0 Å². The summed E-state index contributed by atoms with van der Waals surface area (Å²) in [7, 11) is 1.86. The van der Waals surface area contributed by atoms with Crippen molar-refractivity contribution in [1.29, 1.82) is 0 Å². The van der Waals surface area contributed by atoms with E-state index in [1.807, 2.05) is 80.9 Å². The van der Waals surface area contributed by atoms with E-state index in [0.29, 0.717) is 31.5 Å². The number of amides is 6. The predicted molar refractivity (Wildman–Crippen MR) is 225 cm³/mol. The normalized spacial score (nSPS) is 19.0. The van der Waals surface area contributed by atoms with E-state index in [1.165, 1.54) is 4.90 Å². The number of benzene rings is 3. The van der Waals surface area contributed by atoms with Crippen LogP contribution in [0.3, 0.4) is 0 Å². The van der Waals surface area contributed by atoms with Crippen molar-refractivity contribution in [2.75, 3.05) is 32.7 Å². The quantitative estimate of drug-likeness (QED) is 0.194. The van der Waals surface area contributed by atoms with E-state index >= 15 is 0 Å². The van der Waals surface area contributed by atoms with Gasteiger partial charge in [0.15, 0.2) is 0 Å². The summed E-state index contributed by atoms with van der Waals surface area (Å²) in [5.74, 6) is -0.721. The molecule has 7 rings (SSSR count). The molecule has 3 aliphatic rings. The van der Waals surface area contributed by atoms with Crippen LogP contribution in [-0.2, 0) is 40.9 Å². The number of para-hydroxylation sites is 1. The molecule has 3 aromatic carbocycles. The van der Waals surface area contributed by atoms with Crippen LogP contribution in [0.1, 0.15) is 60.7 Å². The summed E-state index contributed by atoms with van der Waals surface area (Å²) in [6.45, 7) is 10.8. The van der Waals surface area contributed by atoms with E-state index in [4.69, 9.17) is 4.74 Å². The number of nitrogens with one attached hydrogen (secondary N) is 2. The number of rotatable bonds is 10. The van der Waals surface area contributed by atoms with Crippen LogP contribution < -0.4 is 10.6 Å². The zero-order chi connectivity index (χ0) is 42.7. The Bertz CT molecular complexity index is 2240. The number of hydrogen-bond donors (Lipinski definition) is 3. The Hall–Kier alpha value is -6.35. The van der Waals surface area contributed by atoms with Gasteiger partial charge in [0.2, 0.25) is 11.8 Å². The van der Waals surface area contributed by atoms with Crippen molar-refractivity contribution in [1.82, 2.24) is 39.9 Å². The van der Waals surface area contributed by atoms with Gasteiger partial charge in [-0.3, -0.25) is 14.4 Å². The molecule has 316 valence electrons. The predicted octanol–water partition coefficient (Wildman–Crippen LogP) is 4.75. The molecular weight excluding hydrogens is 765 g/mol. The second-order valence-corrected chi connectivity index (χ2v) is 16.7. The molecule has 0 aliphatic carbocycles. The lowest BCUT2D eigenvalue weighted by Crippen LogP contribution is -2.76. The Labute approximate surface area is 350 Å². The number of nitrogens with zero attached hydrogens (tertiary/aromatic N) is 6. The molecule has 1 aromatic heterocycles. The van der Waals surface area contributed by atoms with Crippen molar-refractivity contribution < 1.29 is 33.8 Å². The largest absolute Gasteiger partial charge is 0.508 e. The number of hydrazine groups is 1. The smallest absolute Gasteiger partial charge is 0.410 e. The molecule has 60 heavy (non-hydrogen) atoms. The van der Waals surface area contributed by atoms with E-state index < -0.39 is 23.8 Å². The Morgan fingerprint density at radius 1 is 0.950 bits per heavy atom. The highest BCUT2D eigenvalue weighted by molar-refractivity contribution is 6.08. The monoisotopic (exact) mass is 818 g/mol. The van der Waals surface area contributed by atoms with Gasteiger partial charge in [-0.05, 0) is 62.4 Å². The molecule has 15 heteroatoms. The number of aryl methyl sites for hydroxylation is 1. The lowest BCUT2D eigenvalue weighted by molar-refractivity contribution is -0.189. The third kappa shape index (κ3) is 9.10. The van der Waals surface area contributed by atoms with Gasteiger partial charge in [-0.2, -0.15) is 0 Å². The minimum Gasteiger partial charge on any atom is -0.508 e. The summed E-state index contributed by atoms with van der Waals surface area (Å²) in [4.78, 5) is 74.3. The van der Waals surface area contributed by atoms with Crippen molar-refractivity contribution in [2.24, 2.45) is 7.05 Å².